The van der Waals surface area contributed by atoms with Gasteiger partial charge in [0.2, 0.25) is 0 Å². The second-order valence-electron chi connectivity index (χ2n) is 4.62. The Balaban J connectivity index is 2.82. The maximum Gasteiger partial charge on any atom is 0.274 e. The van der Waals surface area contributed by atoms with Crippen LogP contribution in [0.25, 0.3) is 10.9 Å². The summed E-state index contributed by atoms with van der Waals surface area (Å²) >= 11 is 0. The molecular formula is C13H15N3O. The smallest absolute Gasteiger partial charge is 0.274 e. The fourth-order valence-electron chi connectivity index (χ4n) is 2.10. The SMILES string of the molecule is CC(C)Cn1c(=O)c2cccc(C#N)c2n1C. The Morgan fingerprint density at radius 1 is 1.41 bits per heavy atom. The average molecular weight is 229 g/mol. The molecule has 1 heterocycles. The number of fused-ring (bicyclic) bond motifs is 1. The lowest BCUT2D eigenvalue weighted by atomic mass is 10.1. The van der Waals surface area contributed by atoms with Gasteiger partial charge in [0.25, 0.3) is 5.56 Å². The highest BCUT2D eigenvalue weighted by atomic mass is 16.1. The van der Waals surface area contributed by atoms with E-state index < -0.39 is 0 Å². The Morgan fingerprint density at radius 2 is 2.12 bits per heavy atom. The molecule has 0 aliphatic heterocycles. The first-order chi connectivity index (χ1) is 8.06. The number of para-hydroxylation sites is 1. The van der Waals surface area contributed by atoms with E-state index in [1.165, 1.54) is 0 Å². The largest absolute Gasteiger partial charge is 0.284 e. The first-order valence-corrected chi connectivity index (χ1v) is 5.65. The monoisotopic (exact) mass is 229 g/mol. The van der Waals surface area contributed by atoms with Crippen molar-refractivity contribution in [3.05, 3.63) is 34.1 Å². The molecule has 0 amide bonds. The van der Waals surface area contributed by atoms with Gasteiger partial charge in [0, 0.05) is 13.6 Å². The number of rotatable bonds is 2. The Bertz CT molecular complexity index is 656. The van der Waals surface area contributed by atoms with Gasteiger partial charge in [0.05, 0.1) is 16.5 Å². The van der Waals surface area contributed by atoms with Gasteiger partial charge in [-0.2, -0.15) is 5.26 Å². The summed E-state index contributed by atoms with van der Waals surface area (Å²) in [4.78, 5) is 12.2. The molecule has 4 nitrogen and oxygen atoms in total. The number of aryl methyl sites for hydroxylation is 1. The van der Waals surface area contributed by atoms with Crippen LogP contribution in [0.2, 0.25) is 0 Å². The number of aromatic nitrogens is 2. The molecule has 0 spiro atoms. The number of nitriles is 1. The van der Waals surface area contributed by atoms with Crippen molar-refractivity contribution in [3.63, 3.8) is 0 Å². The zero-order valence-corrected chi connectivity index (χ0v) is 10.3. The first-order valence-electron chi connectivity index (χ1n) is 5.65. The Hall–Kier alpha value is -2.02. The van der Waals surface area contributed by atoms with Gasteiger partial charge in [-0.1, -0.05) is 19.9 Å². The molecule has 0 atom stereocenters. The Morgan fingerprint density at radius 3 is 2.71 bits per heavy atom. The van der Waals surface area contributed by atoms with Crippen LogP contribution in [0.3, 0.4) is 0 Å². The van der Waals surface area contributed by atoms with Crippen molar-refractivity contribution in [2.75, 3.05) is 0 Å². The lowest BCUT2D eigenvalue weighted by molar-refractivity contribution is 0.424. The van der Waals surface area contributed by atoms with Gasteiger partial charge in [0.15, 0.2) is 0 Å². The van der Waals surface area contributed by atoms with E-state index in [9.17, 15) is 4.79 Å². The zero-order valence-electron chi connectivity index (χ0n) is 10.3. The van der Waals surface area contributed by atoms with Crippen LogP contribution in [0.15, 0.2) is 23.0 Å². The van der Waals surface area contributed by atoms with Gasteiger partial charge in [0.1, 0.15) is 6.07 Å². The second kappa shape index (κ2) is 4.10. The highest BCUT2D eigenvalue weighted by Crippen LogP contribution is 2.15. The summed E-state index contributed by atoms with van der Waals surface area (Å²) < 4.78 is 3.48. The van der Waals surface area contributed by atoms with E-state index in [1.54, 1.807) is 27.6 Å². The van der Waals surface area contributed by atoms with Crippen molar-refractivity contribution in [1.82, 2.24) is 9.36 Å². The van der Waals surface area contributed by atoms with Crippen LogP contribution in [0.4, 0.5) is 0 Å². The molecule has 0 aliphatic carbocycles. The summed E-state index contributed by atoms with van der Waals surface area (Å²) in [6.07, 6.45) is 0. The summed E-state index contributed by atoms with van der Waals surface area (Å²) in [6.45, 7) is 4.79. The van der Waals surface area contributed by atoms with Gasteiger partial charge in [-0.05, 0) is 18.1 Å². The van der Waals surface area contributed by atoms with E-state index in [4.69, 9.17) is 5.26 Å². The van der Waals surface area contributed by atoms with Crippen LogP contribution >= 0.6 is 0 Å². The fourth-order valence-corrected chi connectivity index (χ4v) is 2.10. The third-order valence-corrected chi connectivity index (χ3v) is 2.85. The van der Waals surface area contributed by atoms with Crippen LogP contribution in [-0.4, -0.2) is 9.36 Å². The van der Waals surface area contributed by atoms with E-state index in [2.05, 4.69) is 19.9 Å². The Kier molecular flexibility index (Phi) is 2.76. The van der Waals surface area contributed by atoms with E-state index in [0.717, 1.165) is 5.52 Å². The van der Waals surface area contributed by atoms with E-state index >= 15 is 0 Å². The molecule has 0 radical (unpaired) electrons. The van der Waals surface area contributed by atoms with Gasteiger partial charge in [-0.15, -0.1) is 0 Å². The molecule has 88 valence electrons. The standard InChI is InChI=1S/C13H15N3O/c1-9(2)8-16-13(17)11-6-4-5-10(7-14)12(11)15(16)3/h4-6,9H,8H2,1-3H3. The minimum atomic E-state index is -0.0201. The number of hydrogen-bond donors (Lipinski definition) is 0. The number of hydrogen-bond acceptors (Lipinski definition) is 2. The van der Waals surface area contributed by atoms with E-state index in [-0.39, 0.29) is 5.56 Å². The molecule has 17 heavy (non-hydrogen) atoms. The third-order valence-electron chi connectivity index (χ3n) is 2.85. The quantitative estimate of drug-likeness (QED) is 0.789. The molecule has 4 heteroatoms. The van der Waals surface area contributed by atoms with Crippen LogP contribution < -0.4 is 5.56 Å². The maximum atomic E-state index is 12.2. The molecule has 0 fully saturated rings. The summed E-state index contributed by atoms with van der Waals surface area (Å²) in [5.41, 5.74) is 1.25. The molecule has 0 N–H and O–H groups in total. The van der Waals surface area contributed by atoms with Crippen molar-refractivity contribution in [3.8, 4) is 6.07 Å². The van der Waals surface area contributed by atoms with Gasteiger partial charge in [-0.25, -0.2) is 4.68 Å². The van der Waals surface area contributed by atoms with Crippen molar-refractivity contribution < 1.29 is 0 Å². The van der Waals surface area contributed by atoms with E-state index in [1.807, 2.05) is 7.05 Å². The minimum absolute atomic E-state index is 0.0201. The summed E-state index contributed by atoms with van der Waals surface area (Å²) in [5.74, 6) is 0.390. The maximum absolute atomic E-state index is 12.2. The van der Waals surface area contributed by atoms with Crippen molar-refractivity contribution in [2.45, 2.75) is 20.4 Å². The van der Waals surface area contributed by atoms with Gasteiger partial charge >= 0.3 is 0 Å². The normalized spacial score (nSPS) is 11.0. The average Bonchev–Trinajstić information content (AvgIpc) is 2.54. The second-order valence-corrected chi connectivity index (χ2v) is 4.62. The molecule has 0 saturated carbocycles. The topological polar surface area (TPSA) is 50.7 Å². The summed E-state index contributed by atoms with van der Waals surface area (Å²) in [5, 5.41) is 9.69. The fraction of sp³-hybridized carbons (Fsp3) is 0.385. The van der Waals surface area contributed by atoms with Crippen LogP contribution in [0.1, 0.15) is 19.4 Å². The predicted molar refractivity (Wildman–Crippen MR) is 66.7 cm³/mol. The van der Waals surface area contributed by atoms with Crippen molar-refractivity contribution >= 4 is 10.9 Å². The molecule has 1 aromatic heterocycles. The number of benzene rings is 1. The molecule has 0 unspecified atom stereocenters. The molecule has 0 aliphatic rings. The Labute approximate surface area is 99.7 Å². The molecular weight excluding hydrogens is 214 g/mol. The van der Waals surface area contributed by atoms with Gasteiger partial charge < -0.3 is 0 Å². The zero-order chi connectivity index (χ0) is 12.6. The number of nitrogens with zero attached hydrogens (tertiary/aromatic N) is 3. The van der Waals surface area contributed by atoms with Crippen molar-refractivity contribution in [1.29, 1.82) is 5.26 Å². The summed E-state index contributed by atoms with van der Waals surface area (Å²) in [7, 11) is 1.83. The highest BCUT2D eigenvalue weighted by Gasteiger charge is 2.14. The highest BCUT2D eigenvalue weighted by molar-refractivity contribution is 5.84. The minimum Gasteiger partial charge on any atom is -0.284 e. The summed E-state index contributed by atoms with van der Waals surface area (Å²) in [6, 6.07) is 7.39. The van der Waals surface area contributed by atoms with Crippen LogP contribution in [-0.2, 0) is 13.6 Å². The molecule has 2 rings (SSSR count). The molecule has 0 bridgehead atoms. The van der Waals surface area contributed by atoms with Crippen LogP contribution in [0, 0.1) is 17.2 Å². The van der Waals surface area contributed by atoms with Gasteiger partial charge in [-0.3, -0.25) is 9.48 Å². The predicted octanol–water partition coefficient (Wildman–Crippen LogP) is 1.87. The van der Waals surface area contributed by atoms with Crippen LogP contribution in [0.5, 0.6) is 0 Å². The molecule has 0 saturated heterocycles. The lowest BCUT2D eigenvalue weighted by Gasteiger charge is -2.10. The lowest BCUT2D eigenvalue weighted by Crippen LogP contribution is -2.23. The molecule has 2 aromatic rings. The van der Waals surface area contributed by atoms with Crippen molar-refractivity contribution in [2.24, 2.45) is 13.0 Å². The first kappa shape index (κ1) is 11.5. The van der Waals surface area contributed by atoms with E-state index in [0.29, 0.717) is 23.4 Å². The molecule has 1 aromatic carbocycles. The third kappa shape index (κ3) is 1.74.